The van der Waals surface area contributed by atoms with E-state index in [1.807, 2.05) is 53.9 Å². The summed E-state index contributed by atoms with van der Waals surface area (Å²) >= 11 is 1.56. The lowest BCUT2D eigenvalue weighted by molar-refractivity contribution is -0.173. The monoisotopic (exact) mass is 409 g/mol. The second kappa shape index (κ2) is 8.43. The predicted octanol–water partition coefficient (Wildman–Crippen LogP) is 3.29. The Morgan fingerprint density at radius 2 is 1.79 bits per heavy atom. The standard InChI is InChI=1S/C23H23NO4S/c1-15(25)19-12-16(14-29-18-10-6-3-7-11-18)13-24-20(21(19)26)22(23(24)27)28-17-8-4-2-5-9-17/h2-11,14,19-22,26H,12-13H2,1H3/b16-14+/t19-,20-,21+,22+/m0/s1. The fourth-order valence-electron chi connectivity index (χ4n) is 3.89. The van der Waals surface area contributed by atoms with Gasteiger partial charge in [0, 0.05) is 17.4 Å². The number of fused-ring (bicyclic) bond motifs is 1. The van der Waals surface area contributed by atoms with Crippen molar-refractivity contribution in [2.45, 2.75) is 36.5 Å². The van der Waals surface area contributed by atoms with Gasteiger partial charge in [-0.05, 0) is 48.6 Å². The first-order valence-corrected chi connectivity index (χ1v) is 10.5. The van der Waals surface area contributed by atoms with Crippen LogP contribution in [0.4, 0.5) is 0 Å². The summed E-state index contributed by atoms with van der Waals surface area (Å²) in [5.74, 6) is -0.204. The third-order valence-corrected chi connectivity index (χ3v) is 6.44. The smallest absolute Gasteiger partial charge is 0.266 e. The quantitative estimate of drug-likeness (QED) is 0.606. The number of hydrogen-bond donors (Lipinski definition) is 1. The van der Waals surface area contributed by atoms with Gasteiger partial charge in [-0.3, -0.25) is 9.59 Å². The van der Waals surface area contributed by atoms with Gasteiger partial charge in [0.2, 0.25) is 0 Å². The summed E-state index contributed by atoms with van der Waals surface area (Å²) in [4.78, 5) is 27.8. The van der Waals surface area contributed by atoms with Crippen LogP contribution in [0.1, 0.15) is 13.3 Å². The summed E-state index contributed by atoms with van der Waals surface area (Å²) in [6, 6.07) is 18.5. The number of benzene rings is 2. The molecule has 150 valence electrons. The Kier molecular flexibility index (Phi) is 5.74. The molecule has 4 rings (SSSR count). The van der Waals surface area contributed by atoms with Crippen molar-refractivity contribution in [1.82, 2.24) is 4.90 Å². The first-order chi connectivity index (χ1) is 14.0. The van der Waals surface area contributed by atoms with Crippen LogP contribution in [0.25, 0.3) is 0 Å². The Morgan fingerprint density at radius 1 is 1.14 bits per heavy atom. The molecule has 4 atom stereocenters. The SMILES string of the molecule is CC(=O)[C@@H]1C/C(=C\Sc2ccccc2)CN2C(=O)[C@H](Oc3ccccc3)[C@@H]2[C@@H]1O. The zero-order chi connectivity index (χ0) is 20.4. The zero-order valence-electron chi connectivity index (χ0n) is 16.1. The van der Waals surface area contributed by atoms with Gasteiger partial charge in [-0.2, -0.15) is 0 Å². The van der Waals surface area contributed by atoms with Gasteiger partial charge in [-0.1, -0.05) is 48.2 Å². The summed E-state index contributed by atoms with van der Waals surface area (Å²) in [6.45, 7) is 1.90. The maximum Gasteiger partial charge on any atom is 0.266 e. The van der Waals surface area contributed by atoms with Crippen LogP contribution in [0.15, 0.2) is 76.5 Å². The van der Waals surface area contributed by atoms with Crippen LogP contribution >= 0.6 is 11.8 Å². The molecule has 6 heteroatoms. The zero-order valence-corrected chi connectivity index (χ0v) is 16.9. The van der Waals surface area contributed by atoms with Crippen LogP contribution in [0, 0.1) is 5.92 Å². The van der Waals surface area contributed by atoms with Crippen molar-refractivity contribution in [2.75, 3.05) is 6.54 Å². The van der Waals surface area contributed by atoms with E-state index >= 15 is 0 Å². The first-order valence-electron chi connectivity index (χ1n) is 9.65. The molecule has 0 aliphatic carbocycles. The number of Topliss-reactive ketones (excluding diaryl/α,β-unsaturated/α-hetero) is 1. The van der Waals surface area contributed by atoms with Crippen LogP contribution in [0.2, 0.25) is 0 Å². The predicted molar refractivity (Wildman–Crippen MR) is 112 cm³/mol. The van der Waals surface area contributed by atoms with E-state index in [4.69, 9.17) is 4.74 Å². The minimum absolute atomic E-state index is 0.0761. The largest absolute Gasteiger partial charge is 0.478 e. The van der Waals surface area contributed by atoms with Crippen molar-refractivity contribution in [3.63, 3.8) is 0 Å². The van der Waals surface area contributed by atoms with Crippen molar-refractivity contribution in [1.29, 1.82) is 0 Å². The molecular formula is C23H23NO4S. The average molecular weight is 410 g/mol. The van der Waals surface area contributed by atoms with E-state index in [9.17, 15) is 14.7 Å². The molecule has 5 nitrogen and oxygen atoms in total. The molecule has 1 amide bonds. The molecule has 2 aromatic carbocycles. The van der Waals surface area contributed by atoms with Gasteiger partial charge < -0.3 is 14.7 Å². The maximum atomic E-state index is 12.8. The Hall–Kier alpha value is -2.57. The average Bonchev–Trinajstić information content (AvgIpc) is 2.87. The molecular weight excluding hydrogens is 386 g/mol. The molecule has 0 radical (unpaired) electrons. The van der Waals surface area contributed by atoms with Crippen molar-refractivity contribution in [2.24, 2.45) is 5.92 Å². The van der Waals surface area contributed by atoms with E-state index in [2.05, 4.69) is 0 Å². The summed E-state index contributed by atoms with van der Waals surface area (Å²) in [6.07, 6.45) is -1.28. The molecule has 2 aliphatic heterocycles. The number of amides is 1. The third-order valence-electron chi connectivity index (χ3n) is 5.45. The minimum atomic E-state index is -0.952. The fraction of sp³-hybridized carbons (Fsp3) is 0.304. The third kappa shape index (κ3) is 4.09. The molecule has 2 fully saturated rings. The normalized spacial score (nSPS) is 27.7. The molecule has 0 spiro atoms. The Balaban J connectivity index is 1.56. The van der Waals surface area contributed by atoms with Crippen LogP contribution in [-0.2, 0) is 9.59 Å². The highest BCUT2D eigenvalue weighted by Crippen LogP contribution is 2.37. The second-order valence-corrected chi connectivity index (χ2v) is 8.37. The molecule has 0 unspecified atom stereocenters. The molecule has 2 aromatic rings. The van der Waals surface area contributed by atoms with Crippen molar-refractivity contribution in [3.05, 3.63) is 71.6 Å². The number of para-hydroxylation sites is 1. The summed E-state index contributed by atoms with van der Waals surface area (Å²) in [5.41, 5.74) is 0.965. The Morgan fingerprint density at radius 3 is 2.45 bits per heavy atom. The number of hydrogen-bond acceptors (Lipinski definition) is 5. The van der Waals surface area contributed by atoms with Gasteiger partial charge in [-0.15, -0.1) is 0 Å². The first kappa shape index (κ1) is 19.7. The summed E-state index contributed by atoms with van der Waals surface area (Å²) in [7, 11) is 0. The van der Waals surface area contributed by atoms with Crippen molar-refractivity contribution < 1.29 is 19.4 Å². The topological polar surface area (TPSA) is 66.8 Å². The number of nitrogens with zero attached hydrogens (tertiary/aromatic N) is 1. The molecule has 2 saturated heterocycles. The highest BCUT2D eigenvalue weighted by molar-refractivity contribution is 8.02. The van der Waals surface area contributed by atoms with Crippen molar-refractivity contribution in [3.8, 4) is 5.75 Å². The van der Waals surface area contributed by atoms with E-state index in [1.165, 1.54) is 6.92 Å². The number of aliphatic hydroxyl groups excluding tert-OH is 1. The van der Waals surface area contributed by atoms with Crippen LogP contribution in [0.3, 0.4) is 0 Å². The number of carbonyl (C=O) groups is 2. The van der Waals surface area contributed by atoms with E-state index in [-0.39, 0.29) is 11.7 Å². The van der Waals surface area contributed by atoms with E-state index in [1.54, 1.807) is 28.8 Å². The lowest BCUT2D eigenvalue weighted by atomic mass is 9.84. The second-order valence-electron chi connectivity index (χ2n) is 7.43. The van der Waals surface area contributed by atoms with Gasteiger partial charge in [0.15, 0.2) is 6.10 Å². The van der Waals surface area contributed by atoms with E-state index in [0.29, 0.717) is 18.7 Å². The molecule has 2 aliphatic rings. The number of thioether (sulfide) groups is 1. The Labute approximate surface area is 174 Å². The number of ketones is 1. The Bertz CT molecular complexity index is 915. The number of β-lactam (4-membered cyclic amide) rings is 1. The molecule has 1 N–H and O–H groups in total. The van der Waals surface area contributed by atoms with Crippen LogP contribution in [-0.4, -0.2) is 46.5 Å². The number of rotatable bonds is 5. The fourth-order valence-corrected chi connectivity index (χ4v) is 4.68. The lowest BCUT2D eigenvalue weighted by Gasteiger charge is -2.48. The van der Waals surface area contributed by atoms with Crippen LogP contribution in [0.5, 0.6) is 5.75 Å². The maximum absolute atomic E-state index is 12.8. The summed E-state index contributed by atoms with van der Waals surface area (Å²) < 4.78 is 5.86. The van der Waals surface area contributed by atoms with Gasteiger partial charge in [-0.25, -0.2) is 0 Å². The molecule has 29 heavy (non-hydrogen) atoms. The minimum Gasteiger partial charge on any atom is -0.478 e. The van der Waals surface area contributed by atoms with E-state index < -0.39 is 24.2 Å². The molecule has 0 aromatic heterocycles. The lowest BCUT2D eigenvalue weighted by Crippen LogP contribution is -2.71. The summed E-state index contributed by atoms with van der Waals surface area (Å²) in [5, 5.41) is 12.9. The highest BCUT2D eigenvalue weighted by Gasteiger charge is 2.56. The van der Waals surface area contributed by atoms with Gasteiger partial charge in [0.1, 0.15) is 17.6 Å². The van der Waals surface area contributed by atoms with Crippen molar-refractivity contribution >= 4 is 23.5 Å². The van der Waals surface area contributed by atoms with Gasteiger partial charge in [0.05, 0.1) is 6.10 Å². The van der Waals surface area contributed by atoms with Gasteiger partial charge >= 0.3 is 0 Å². The van der Waals surface area contributed by atoms with Gasteiger partial charge in [0.25, 0.3) is 5.91 Å². The molecule has 2 heterocycles. The number of aliphatic hydroxyl groups is 1. The van der Waals surface area contributed by atoms with E-state index in [0.717, 1.165) is 10.5 Å². The number of ether oxygens (including phenoxy) is 1. The molecule has 0 bridgehead atoms. The molecule has 0 saturated carbocycles. The van der Waals surface area contributed by atoms with Crippen LogP contribution < -0.4 is 4.74 Å². The number of carbonyl (C=O) groups excluding carboxylic acids is 2. The highest BCUT2D eigenvalue weighted by atomic mass is 32.2.